The fourth-order valence-corrected chi connectivity index (χ4v) is 4.91. The van der Waals surface area contributed by atoms with E-state index in [4.69, 9.17) is 0 Å². The Labute approximate surface area is 193 Å². The molecule has 33 heavy (non-hydrogen) atoms. The van der Waals surface area contributed by atoms with Crippen molar-refractivity contribution in [3.63, 3.8) is 0 Å². The van der Waals surface area contributed by atoms with Gasteiger partial charge in [-0.25, -0.2) is 0 Å². The van der Waals surface area contributed by atoms with Gasteiger partial charge in [-0.05, 0) is 24.0 Å². The van der Waals surface area contributed by atoms with E-state index in [1.165, 1.54) is 22.3 Å². The Morgan fingerprint density at radius 1 is 1.21 bits per heavy atom. The smallest absolute Gasteiger partial charge is 0.361 e. The number of aromatic amines is 1. The maximum atomic E-state index is 12.8. The normalized spacial score (nSPS) is 16.4. The molecule has 0 bridgehead atoms. The highest BCUT2D eigenvalue weighted by Crippen LogP contribution is 2.26. The Balaban J connectivity index is 1.25. The molecule has 1 N–H and O–H groups in total. The first-order chi connectivity index (χ1) is 15.8. The quantitative estimate of drug-likeness (QED) is 0.464. The molecule has 3 heterocycles. The molecule has 0 saturated carbocycles. The van der Waals surface area contributed by atoms with Gasteiger partial charge in [-0.3, -0.25) is 14.4 Å². The van der Waals surface area contributed by atoms with Gasteiger partial charge in [-0.2, -0.15) is 0 Å². The molecule has 1 unspecified atom stereocenters. The summed E-state index contributed by atoms with van der Waals surface area (Å²) >= 11 is 1.28. The van der Waals surface area contributed by atoms with Crippen molar-refractivity contribution in [3.8, 4) is 0 Å². The molecule has 0 aliphatic carbocycles. The number of carbonyl (C=O) groups excluding carboxylic acids is 1. The number of fused-ring (bicyclic) bond motifs is 1. The van der Waals surface area contributed by atoms with Crippen LogP contribution < -0.4 is 4.90 Å². The molecular formula is C22H26F3N5O2S. The number of para-hydroxylation sites is 1. The Bertz CT molecular complexity index is 1080. The highest BCUT2D eigenvalue weighted by atomic mass is 32.1. The molecule has 7 nitrogen and oxygen atoms in total. The zero-order chi connectivity index (χ0) is 23.4. The number of hydrogen-bond donors (Lipinski definition) is 1. The molecule has 178 valence electrons. The van der Waals surface area contributed by atoms with E-state index in [0.29, 0.717) is 42.7 Å². The second-order valence-electron chi connectivity index (χ2n) is 8.31. The molecular weight excluding hydrogens is 455 g/mol. The Hall–Kier alpha value is -2.50. The van der Waals surface area contributed by atoms with Crippen LogP contribution in [0.2, 0.25) is 0 Å². The third-order valence-corrected chi connectivity index (χ3v) is 6.77. The van der Waals surface area contributed by atoms with E-state index >= 15 is 0 Å². The number of carbonyl (C=O) groups is 1. The van der Waals surface area contributed by atoms with E-state index in [1.54, 1.807) is 0 Å². The molecule has 11 heteroatoms. The molecule has 1 aromatic carbocycles. The zero-order valence-electron chi connectivity index (χ0n) is 18.3. The summed E-state index contributed by atoms with van der Waals surface area (Å²) in [4.78, 5) is 20.0. The summed E-state index contributed by atoms with van der Waals surface area (Å²) in [7, 11) is 0. The summed E-state index contributed by atoms with van der Waals surface area (Å²) < 4.78 is 40.2. The van der Waals surface area contributed by atoms with Gasteiger partial charge in [0.25, 0.3) is 0 Å². The van der Waals surface area contributed by atoms with Gasteiger partial charge in [0.15, 0.2) is 10.8 Å². The maximum Gasteiger partial charge on any atom is 0.522 e. The number of H-pyrrole nitrogens is 1. The summed E-state index contributed by atoms with van der Waals surface area (Å²) in [5.74, 6) is 0.139. The Kier molecular flexibility index (Phi) is 7.30. The second kappa shape index (κ2) is 10.2. The molecule has 4 rings (SSSR count). The zero-order valence-corrected chi connectivity index (χ0v) is 19.1. The number of piperazine rings is 1. The van der Waals surface area contributed by atoms with Crippen molar-refractivity contribution in [2.45, 2.75) is 26.1 Å². The standard InChI is InChI=1S/C22H26F3N5O2S/c1-15(12-16-14-26-18-5-3-2-4-17(16)18)13-19(31)20-27-28-21(33-20)30-8-6-29(7-9-30)10-11-32-22(23,24)25/h2-5,14-15,26H,6-13H2,1H3. The molecule has 0 amide bonds. The molecule has 1 atom stereocenters. The largest absolute Gasteiger partial charge is 0.522 e. The van der Waals surface area contributed by atoms with Crippen LogP contribution in [0.15, 0.2) is 30.5 Å². The monoisotopic (exact) mass is 481 g/mol. The summed E-state index contributed by atoms with van der Waals surface area (Å²) in [6, 6.07) is 8.11. The molecule has 1 saturated heterocycles. The minimum atomic E-state index is -4.59. The van der Waals surface area contributed by atoms with Crippen molar-refractivity contribution in [1.82, 2.24) is 20.1 Å². The number of anilines is 1. The van der Waals surface area contributed by atoms with Gasteiger partial charge in [0.2, 0.25) is 5.13 Å². The van der Waals surface area contributed by atoms with Crippen LogP contribution in [0.3, 0.4) is 0 Å². The van der Waals surface area contributed by atoms with E-state index in [9.17, 15) is 18.0 Å². The van der Waals surface area contributed by atoms with Gasteiger partial charge in [0.1, 0.15) is 0 Å². The number of ether oxygens (including phenoxy) is 1. The number of nitrogens with one attached hydrogen (secondary N) is 1. The van der Waals surface area contributed by atoms with Gasteiger partial charge in [0.05, 0.1) is 6.61 Å². The van der Waals surface area contributed by atoms with E-state index < -0.39 is 6.36 Å². The third-order valence-electron chi connectivity index (χ3n) is 5.75. The van der Waals surface area contributed by atoms with E-state index in [2.05, 4.69) is 32.9 Å². The molecule has 0 spiro atoms. The number of Topliss-reactive ketones (excluding diaryl/α,β-unsaturated/α-hetero) is 1. The van der Waals surface area contributed by atoms with Crippen molar-refractivity contribution in [3.05, 3.63) is 41.0 Å². The van der Waals surface area contributed by atoms with Crippen LogP contribution in [0.25, 0.3) is 10.9 Å². The first-order valence-corrected chi connectivity index (χ1v) is 11.7. The van der Waals surface area contributed by atoms with E-state index in [1.807, 2.05) is 34.2 Å². The Morgan fingerprint density at radius 3 is 2.73 bits per heavy atom. The predicted octanol–water partition coefficient (Wildman–Crippen LogP) is 4.13. The lowest BCUT2D eigenvalue weighted by molar-refractivity contribution is -0.325. The SMILES string of the molecule is CC(CC(=O)c1nnc(N2CCN(CCOC(F)(F)F)CC2)s1)Cc1c[nH]c2ccccc12. The average Bonchev–Trinajstić information content (AvgIpc) is 3.41. The molecule has 1 aliphatic rings. The third kappa shape index (κ3) is 6.30. The molecule has 1 aliphatic heterocycles. The van der Waals surface area contributed by atoms with Crippen molar-refractivity contribution in [1.29, 1.82) is 0 Å². The first-order valence-electron chi connectivity index (χ1n) is 10.9. The van der Waals surface area contributed by atoms with Crippen LogP contribution in [0.4, 0.5) is 18.3 Å². The minimum absolute atomic E-state index is 0.0194. The summed E-state index contributed by atoms with van der Waals surface area (Å²) in [6.45, 7) is 4.34. The number of ketones is 1. The fourth-order valence-electron chi connectivity index (χ4n) is 4.06. The average molecular weight is 482 g/mol. The minimum Gasteiger partial charge on any atom is -0.361 e. The van der Waals surface area contributed by atoms with Crippen molar-refractivity contribution in [2.24, 2.45) is 5.92 Å². The summed E-state index contributed by atoms with van der Waals surface area (Å²) in [5, 5.41) is 10.5. The van der Waals surface area contributed by atoms with E-state index in [0.717, 1.165) is 11.9 Å². The van der Waals surface area contributed by atoms with Crippen LogP contribution >= 0.6 is 11.3 Å². The maximum absolute atomic E-state index is 12.8. The van der Waals surface area contributed by atoms with Gasteiger partial charge in [-0.1, -0.05) is 36.5 Å². The van der Waals surface area contributed by atoms with Crippen LogP contribution in [-0.2, 0) is 11.2 Å². The second-order valence-corrected chi connectivity index (χ2v) is 9.26. The fraction of sp³-hybridized carbons (Fsp3) is 0.500. The van der Waals surface area contributed by atoms with Crippen LogP contribution in [0.5, 0.6) is 0 Å². The van der Waals surface area contributed by atoms with Gasteiger partial charge >= 0.3 is 6.36 Å². The number of benzene rings is 1. The first kappa shape index (κ1) is 23.7. The number of aromatic nitrogens is 3. The number of alkyl halides is 3. The number of rotatable bonds is 9. The van der Waals surface area contributed by atoms with Gasteiger partial charge < -0.3 is 9.88 Å². The highest BCUT2D eigenvalue weighted by molar-refractivity contribution is 7.17. The number of halogens is 3. The summed E-state index contributed by atoms with van der Waals surface area (Å²) in [6.07, 6.45) is -1.41. The van der Waals surface area contributed by atoms with Crippen molar-refractivity contribution < 1.29 is 22.7 Å². The van der Waals surface area contributed by atoms with Crippen molar-refractivity contribution >= 4 is 33.2 Å². The lowest BCUT2D eigenvalue weighted by atomic mass is 9.96. The highest BCUT2D eigenvalue weighted by Gasteiger charge is 2.29. The molecule has 0 radical (unpaired) electrons. The Morgan fingerprint density at radius 2 is 1.97 bits per heavy atom. The lowest BCUT2D eigenvalue weighted by Gasteiger charge is -2.34. The molecule has 3 aromatic rings. The predicted molar refractivity (Wildman–Crippen MR) is 121 cm³/mol. The van der Waals surface area contributed by atoms with Gasteiger partial charge in [-0.15, -0.1) is 23.4 Å². The van der Waals surface area contributed by atoms with Gasteiger partial charge in [0, 0.05) is 56.2 Å². The molecule has 2 aromatic heterocycles. The molecule has 1 fully saturated rings. The number of nitrogens with zero attached hydrogens (tertiary/aromatic N) is 4. The van der Waals surface area contributed by atoms with Crippen LogP contribution in [0, 0.1) is 5.92 Å². The summed E-state index contributed by atoms with van der Waals surface area (Å²) in [5.41, 5.74) is 2.29. The lowest BCUT2D eigenvalue weighted by Crippen LogP contribution is -2.47. The van der Waals surface area contributed by atoms with Crippen LogP contribution in [0.1, 0.15) is 28.7 Å². The van der Waals surface area contributed by atoms with Crippen molar-refractivity contribution in [2.75, 3.05) is 44.2 Å². The van der Waals surface area contributed by atoms with Crippen LogP contribution in [-0.4, -0.2) is 71.6 Å². The number of hydrogen-bond acceptors (Lipinski definition) is 7. The topological polar surface area (TPSA) is 74.3 Å². The van der Waals surface area contributed by atoms with E-state index in [-0.39, 0.29) is 24.9 Å².